The van der Waals surface area contributed by atoms with E-state index in [-0.39, 0.29) is 45.8 Å². The van der Waals surface area contributed by atoms with E-state index in [0.717, 1.165) is 17.2 Å². The Morgan fingerprint density at radius 2 is 1.79 bits per heavy atom. The van der Waals surface area contributed by atoms with Crippen LogP contribution in [0.3, 0.4) is 0 Å². The molecule has 0 aliphatic rings. The van der Waals surface area contributed by atoms with E-state index in [1.165, 1.54) is 13.2 Å². The quantitative estimate of drug-likeness (QED) is 0.260. The Kier molecular flexibility index (Phi) is 8.02. The summed E-state index contributed by atoms with van der Waals surface area (Å²) in [5.74, 6) is -1.41. The van der Waals surface area contributed by atoms with Crippen LogP contribution in [0.2, 0.25) is 0 Å². The standard InChI is InChI=1S/C30H34FN5O6/c1-14-9-12-20(40-7)15(2)24(14)36-26(32)22(28(38)41-8)21-23(34-16(3)35-27(21)36)17-10-11-19(31)25(37)18(17)13-33-29(39)42-30(4,5)6/h9-12,37H,13,32H2,1-8H3,(H,33,39). The van der Waals surface area contributed by atoms with Crippen LogP contribution in [0.5, 0.6) is 11.5 Å². The average molecular weight is 580 g/mol. The molecule has 0 saturated carbocycles. The van der Waals surface area contributed by atoms with Gasteiger partial charge < -0.3 is 30.4 Å². The van der Waals surface area contributed by atoms with E-state index in [1.807, 2.05) is 26.0 Å². The van der Waals surface area contributed by atoms with Gasteiger partial charge in [-0.05, 0) is 65.3 Å². The van der Waals surface area contributed by atoms with E-state index in [0.29, 0.717) is 17.3 Å². The number of phenolic OH excluding ortho intramolecular Hbond substituents is 1. The zero-order chi connectivity index (χ0) is 31.1. The molecule has 0 saturated heterocycles. The van der Waals surface area contributed by atoms with Crippen molar-refractivity contribution in [3.63, 3.8) is 0 Å². The summed E-state index contributed by atoms with van der Waals surface area (Å²) < 4.78 is 32.2. The van der Waals surface area contributed by atoms with Crippen LogP contribution in [0.4, 0.5) is 15.0 Å². The number of hydrogen-bond acceptors (Lipinski definition) is 9. The Morgan fingerprint density at radius 3 is 2.40 bits per heavy atom. The Bertz CT molecular complexity index is 1720. The zero-order valence-corrected chi connectivity index (χ0v) is 24.8. The van der Waals surface area contributed by atoms with Gasteiger partial charge in [-0.15, -0.1) is 0 Å². The maximum absolute atomic E-state index is 14.6. The van der Waals surface area contributed by atoms with Crippen molar-refractivity contribution in [1.29, 1.82) is 0 Å². The third-order valence-corrected chi connectivity index (χ3v) is 6.67. The molecule has 222 valence electrons. The van der Waals surface area contributed by atoms with Gasteiger partial charge in [-0.25, -0.2) is 23.9 Å². The lowest BCUT2D eigenvalue weighted by atomic mass is 9.99. The number of nitrogens with two attached hydrogens (primary N) is 1. The number of nitrogens with zero attached hydrogens (tertiary/aromatic N) is 3. The third kappa shape index (κ3) is 5.39. The summed E-state index contributed by atoms with van der Waals surface area (Å²) in [5, 5.41) is 13.5. The summed E-state index contributed by atoms with van der Waals surface area (Å²) in [6.07, 6.45) is -0.768. The van der Waals surface area contributed by atoms with Crippen LogP contribution in [0, 0.1) is 26.6 Å². The SMILES string of the molecule is COC(=O)c1c(N)n(-c2c(C)ccc(OC)c2C)c2nc(C)nc(-c3ccc(F)c(O)c3CNC(=O)OC(C)(C)C)c12. The van der Waals surface area contributed by atoms with Crippen molar-refractivity contribution in [2.24, 2.45) is 0 Å². The van der Waals surface area contributed by atoms with Gasteiger partial charge >= 0.3 is 12.1 Å². The van der Waals surface area contributed by atoms with Gasteiger partial charge in [0.2, 0.25) is 0 Å². The first-order chi connectivity index (χ1) is 19.7. The number of methoxy groups -OCH3 is 2. The molecule has 4 aromatic rings. The number of halogens is 1. The molecule has 0 radical (unpaired) electrons. The van der Waals surface area contributed by atoms with Crippen molar-refractivity contribution in [2.45, 2.75) is 53.7 Å². The molecule has 42 heavy (non-hydrogen) atoms. The number of nitrogen functional groups attached to an aromatic ring is 1. The highest BCUT2D eigenvalue weighted by Crippen LogP contribution is 2.42. The van der Waals surface area contributed by atoms with Crippen LogP contribution >= 0.6 is 0 Å². The number of benzene rings is 2. The van der Waals surface area contributed by atoms with Gasteiger partial charge in [0, 0.05) is 16.7 Å². The Morgan fingerprint density at radius 1 is 1.10 bits per heavy atom. The van der Waals surface area contributed by atoms with E-state index < -0.39 is 29.2 Å². The minimum atomic E-state index is -0.908. The minimum absolute atomic E-state index is 0.0103. The second kappa shape index (κ2) is 11.2. The number of hydrogen-bond donors (Lipinski definition) is 3. The molecule has 11 nitrogen and oxygen atoms in total. The number of carbonyl (C=O) groups is 2. The number of aromatic nitrogens is 3. The van der Waals surface area contributed by atoms with Crippen LogP contribution < -0.4 is 15.8 Å². The van der Waals surface area contributed by atoms with Crippen molar-refractivity contribution in [3.8, 4) is 28.4 Å². The summed E-state index contributed by atoms with van der Waals surface area (Å²) in [6.45, 7) is 10.2. The van der Waals surface area contributed by atoms with Crippen LogP contribution in [-0.4, -0.2) is 51.5 Å². The molecule has 2 aromatic carbocycles. The van der Waals surface area contributed by atoms with E-state index in [9.17, 15) is 19.1 Å². The van der Waals surface area contributed by atoms with Crippen molar-refractivity contribution in [1.82, 2.24) is 19.9 Å². The largest absolute Gasteiger partial charge is 0.505 e. The van der Waals surface area contributed by atoms with E-state index in [1.54, 1.807) is 39.4 Å². The first kappa shape index (κ1) is 30.1. The highest BCUT2D eigenvalue weighted by molar-refractivity contribution is 6.13. The van der Waals surface area contributed by atoms with Crippen LogP contribution in [0.25, 0.3) is 28.0 Å². The number of fused-ring (bicyclic) bond motifs is 1. The van der Waals surface area contributed by atoms with Crippen LogP contribution in [0.1, 0.15) is 53.6 Å². The summed E-state index contributed by atoms with van der Waals surface area (Å²) in [4.78, 5) is 34.9. The van der Waals surface area contributed by atoms with Gasteiger partial charge in [-0.3, -0.25) is 4.57 Å². The topological polar surface area (TPSA) is 151 Å². The van der Waals surface area contributed by atoms with Gasteiger partial charge in [0.25, 0.3) is 0 Å². The number of anilines is 1. The molecule has 0 fully saturated rings. The number of alkyl carbamates (subject to hydrolysis) is 1. The molecular weight excluding hydrogens is 545 g/mol. The van der Waals surface area contributed by atoms with Crippen LogP contribution in [-0.2, 0) is 16.0 Å². The van der Waals surface area contributed by atoms with E-state index >= 15 is 0 Å². The molecule has 2 heterocycles. The molecule has 0 aliphatic carbocycles. The molecule has 12 heteroatoms. The highest BCUT2D eigenvalue weighted by Gasteiger charge is 2.30. The molecule has 0 spiro atoms. The zero-order valence-electron chi connectivity index (χ0n) is 24.8. The Labute approximate surface area is 242 Å². The number of aryl methyl sites for hydroxylation is 2. The average Bonchev–Trinajstić information content (AvgIpc) is 3.19. The summed E-state index contributed by atoms with van der Waals surface area (Å²) in [5.41, 5.74) is 8.80. The summed E-state index contributed by atoms with van der Waals surface area (Å²) in [6, 6.07) is 6.16. The number of esters is 1. The normalized spacial score (nSPS) is 11.5. The fourth-order valence-electron chi connectivity index (χ4n) is 4.90. The Balaban J connectivity index is 2.07. The second-order valence-corrected chi connectivity index (χ2v) is 10.7. The fourth-order valence-corrected chi connectivity index (χ4v) is 4.90. The smallest absolute Gasteiger partial charge is 0.407 e. The number of ether oxygens (including phenoxy) is 3. The predicted molar refractivity (Wildman–Crippen MR) is 156 cm³/mol. The number of nitrogens with one attached hydrogen (secondary N) is 1. The lowest BCUT2D eigenvalue weighted by Gasteiger charge is -2.20. The first-order valence-corrected chi connectivity index (χ1v) is 13.1. The molecule has 2 aromatic heterocycles. The highest BCUT2D eigenvalue weighted by atomic mass is 19.1. The van der Waals surface area contributed by atoms with Gasteiger partial charge in [0.15, 0.2) is 17.2 Å². The lowest BCUT2D eigenvalue weighted by molar-refractivity contribution is 0.0522. The molecule has 0 bridgehead atoms. The fraction of sp³-hybridized carbons (Fsp3) is 0.333. The maximum atomic E-state index is 14.6. The van der Waals surface area contributed by atoms with E-state index in [2.05, 4.69) is 15.3 Å². The van der Waals surface area contributed by atoms with Crippen LogP contribution in [0.15, 0.2) is 24.3 Å². The second-order valence-electron chi connectivity index (χ2n) is 10.7. The summed E-state index contributed by atoms with van der Waals surface area (Å²) >= 11 is 0. The number of rotatable bonds is 6. The predicted octanol–water partition coefficient (Wildman–Crippen LogP) is 5.26. The molecule has 0 unspecified atom stereocenters. The molecule has 0 aliphatic heterocycles. The molecule has 4 rings (SSSR count). The lowest BCUT2D eigenvalue weighted by Crippen LogP contribution is -2.32. The van der Waals surface area contributed by atoms with Gasteiger partial charge in [0.05, 0.1) is 37.5 Å². The Hall–Kier alpha value is -4.87. The van der Waals surface area contributed by atoms with Gasteiger partial charge in [-0.1, -0.05) is 6.07 Å². The molecule has 4 N–H and O–H groups in total. The third-order valence-electron chi connectivity index (χ3n) is 6.67. The molecular formula is C30H34FN5O6. The monoisotopic (exact) mass is 579 g/mol. The van der Waals surface area contributed by atoms with Gasteiger partial charge in [-0.2, -0.15) is 0 Å². The van der Waals surface area contributed by atoms with Crippen molar-refractivity contribution in [2.75, 3.05) is 20.0 Å². The van der Waals surface area contributed by atoms with Crippen molar-refractivity contribution >= 4 is 28.9 Å². The molecule has 0 atom stereocenters. The van der Waals surface area contributed by atoms with Crippen molar-refractivity contribution < 1.29 is 33.3 Å². The molecule has 1 amide bonds. The number of phenols is 1. The van der Waals surface area contributed by atoms with Gasteiger partial charge in [0.1, 0.15) is 28.6 Å². The minimum Gasteiger partial charge on any atom is -0.505 e. The number of carbonyl (C=O) groups excluding carboxylic acids is 2. The number of aromatic hydroxyl groups is 1. The van der Waals surface area contributed by atoms with E-state index in [4.69, 9.17) is 19.9 Å². The first-order valence-electron chi connectivity index (χ1n) is 13.1. The maximum Gasteiger partial charge on any atom is 0.407 e. The summed E-state index contributed by atoms with van der Waals surface area (Å²) in [7, 11) is 2.78. The van der Waals surface area contributed by atoms with Crippen molar-refractivity contribution in [3.05, 3.63) is 58.2 Å². The number of amides is 1.